The molecule has 0 aliphatic rings. The zero-order chi connectivity index (χ0) is 10.8. The van der Waals surface area contributed by atoms with E-state index in [1.54, 1.807) is 0 Å². The van der Waals surface area contributed by atoms with Crippen molar-refractivity contribution in [3.05, 3.63) is 29.6 Å². The summed E-state index contributed by atoms with van der Waals surface area (Å²) in [6, 6.07) is 4.05. The number of hydrogen-bond donors (Lipinski definition) is 0. The first-order valence-electron chi connectivity index (χ1n) is 3.85. The Morgan fingerprint density at radius 3 is 2.50 bits per heavy atom. The maximum absolute atomic E-state index is 13.1. The lowest BCUT2D eigenvalue weighted by Gasteiger charge is -2.10. The molecule has 0 heterocycles. The molecule has 0 bridgehead atoms. The molecule has 0 radical (unpaired) electrons. The summed E-state index contributed by atoms with van der Waals surface area (Å²) in [5.41, 5.74) is 0.254. The average Bonchev–Trinajstić information content (AvgIpc) is 2.06. The third-order valence-corrected chi connectivity index (χ3v) is 1.55. The van der Waals surface area contributed by atoms with Crippen LogP contribution in [0.4, 0.5) is 17.6 Å². The van der Waals surface area contributed by atoms with Crippen LogP contribution in [0, 0.1) is 12.7 Å². The lowest BCUT2D eigenvalue weighted by atomic mass is 10.2. The summed E-state index contributed by atoms with van der Waals surface area (Å²) < 4.78 is 52.5. The van der Waals surface area contributed by atoms with Crippen molar-refractivity contribution in [2.24, 2.45) is 0 Å². The summed E-state index contributed by atoms with van der Waals surface area (Å²) in [6.45, 7) is -0.0246. The zero-order valence-electron chi connectivity index (χ0n) is 7.36. The van der Waals surface area contributed by atoms with Crippen molar-refractivity contribution in [2.45, 2.75) is 13.1 Å². The number of rotatable bonds is 2. The van der Waals surface area contributed by atoms with Gasteiger partial charge in [-0.05, 0) is 18.6 Å². The smallest absolute Gasteiger partial charge is 0.422 e. The summed E-state index contributed by atoms with van der Waals surface area (Å²) in [7, 11) is 0. The second-order valence-corrected chi connectivity index (χ2v) is 2.79. The predicted molar refractivity (Wildman–Crippen MR) is 42.7 cm³/mol. The molecule has 0 saturated carbocycles. The minimum Gasteiger partial charge on any atom is -0.481 e. The quantitative estimate of drug-likeness (QED) is 0.678. The summed E-state index contributed by atoms with van der Waals surface area (Å²) in [5, 5.41) is 0. The molecular formula is C9H8F4O. The van der Waals surface area contributed by atoms with Gasteiger partial charge >= 0.3 is 6.18 Å². The number of benzene rings is 1. The first kappa shape index (κ1) is 10.8. The third-order valence-electron chi connectivity index (χ3n) is 1.55. The van der Waals surface area contributed by atoms with Crippen LogP contribution in [0.3, 0.4) is 0 Å². The summed E-state index contributed by atoms with van der Waals surface area (Å²) >= 11 is 0. The third kappa shape index (κ3) is 2.90. The summed E-state index contributed by atoms with van der Waals surface area (Å²) in [5.74, 6) is -1.13. The fraction of sp³-hybridized carbons (Fsp3) is 0.333. The van der Waals surface area contributed by atoms with Crippen molar-refractivity contribution >= 4 is 0 Å². The van der Waals surface area contributed by atoms with Gasteiger partial charge in [0.15, 0.2) is 18.2 Å². The Morgan fingerprint density at radius 2 is 1.93 bits per heavy atom. The largest absolute Gasteiger partial charge is 0.481 e. The molecule has 0 N–H and O–H groups in total. The van der Waals surface area contributed by atoms with Crippen molar-refractivity contribution in [1.29, 1.82) is 0 Å². The molecule has 1 aromatic carbocycles. The molecule has 78 valence electrons. The van der Waals surface area contributed by atoms with E-state index in [2.05, 4.69) is 4.74 Å². The predicted octanol–water partition coefficient (Wildman–Crippen LogP) is 3.08. The van der Waals surface area contributed by atoms with E-state index in [1.165, 1.54) is 19.1 Å². The summed E-state index contributed by atoms with van der Waals surface area (Å²) in [4.78, 5) is 0. The van der Waals surface area contributed by atoms with Crippen LogP contribution in [0.5, 0.6) is 5.75 Å². The van der Waals surface area contributed by atoms with Crippen LogP contribution in [0.25, 0.3) is 0 Å². The van der Waals surface area contributed by atoms with Crippen LogP contribution in [0.1, 0.15) is 5.56 Å². The van der Waals surface area contributed by atoms with Crippen molar-refractivity contribution < 1.29 is 22.3 Å². The highest BCUT2D eigenvalue weighted by Crippen LogP contribution is 2.22. The minimum absolute atomic E-state index is 0.254. The molecule has 0 fully saturated rings. The van der Waals surface area contributed by atoms with Crippen molar-refractivity contribution in [1.82, 2.24) is 0 Å². The molecule has 1 aromatic rings. The summed E-state index contributed by atoms with van der Waals surface area (Å²) in [6.07, 6.45) is -4.45. The average molecular weight is 208 g/mol. The molecule has 0 saturated heterocycles. The van der Waals surface area contributed by atoms with Gasteiger partial charge in [-0.3, -0.25) is 0 Å². The molecule has 5 heteroatoms. The maximum atomic E-state index is 13.1. The van der Waals surface area contributed by atoms with Crippen LogP contribution >= 0.6 is 0 Å². The van der Waals surface area contributed by atoms with E-state index < -0.39 is 18.6 Å². The fourth-order valence-electron chi connectivity index (χ4n) is 0.892. The van der Waals surface area contributed by atoms with Crippen molar-refractivity contribution in [2.75, 3.05) is 6.61 Å². The van der Waals surface area contributed by atoms with Crippen molar-refractivity contribution in [3.63, 3.8) is 0 Å². The zero-order valence-corrected chi connectivity index (χ0v) is 7.36. The van der Waals surface area contributed by atoms with Crippen LogP contribution in [0.15, 0.2) is 18.2 Å². The van der Waals surface area contributed by atoms with E-state index >= 15 is 0 Å². The van der Waals surface area contributed by atoms with Crippen LogP contribution < -0.4 is 4.74 Å². The van der Waals surface area contributed by atoms with E-state index in [0.29, 0.717) is 0 Å². The number of hydrogen-bond acceptors (Lipinski definition) is 1. The molecule has 1 nitrogen and oxygen atoms in total. The van der Waals surface area contributed by atoms with Gasteiger partial charge < -0.3 is 4.74 Å². The van der Waals surface area contributed by atoms with Crippen LogP contribution in [0.2, 0.25) is 0 Å². The van der Waals surface area contributed by atoms with Gasteiger partial charge in [0.25, 0.3) is 0 Å². The van der Waals surface area contributed by atoms with Crippen LogP contribution in [-0.4, -0.2) is 12.8 Å². The minimum atomic E-state index is -4.45. The van der Waals surface area contributed by atoms with Gasteiger partial charge in [0.1, 0.15) is 0 Å². The molecule has 14 heavy (non-hydrogen) atoms. The molecule has 0 aliphatic carbocycles. The Kier molecular flexibility index (Phi) is 2.98. The monoisotopic (exact) mass is 208 g/mol. The van der Waals surface area contributed by atoms with Gasteiger partial charge in [-0.1, -0.05) is 12.1 Å². The van der Waals surface area contributed by atoms with Gasteiger partial charge in [0.2, 0.25) is 0 Å². The lowest BCUT2D eigenvalue weighted by Crippen LogP contribution is -2.19. The van der Waals surface area contributed by atoms with E-state index in [-0.39, 0.29) is 11.3 Å². The normalized spacial score (nSPS) is 11.5. The Hall–Kier alpha value is -1.26. The molecular weight excluding hydrogens is 200 g/mol. The molecule has 0 amide bonds. The molecule has 0 unspecified atom stereocenters. The number of ether oxygens (including phenoxy) is 1. The van der Waals surface area contributed by atoms with Gasteiger partial charge in [-0.25, -0.2) is 4.39 Å². The maximum Gasteiger partial charge on any atom is 0.422 e. The number of halogens is 4. The molecule has 0 atom stereocenters. The van der Waals surface area contributed by atoms with Gasteiger partial charge in [-0.15, -0.1) is 0 Å². The number of alkyl halides is 3. The van der Waals surface area contributed by atoms with E-state index in [9.17, 15) is 17.6 Å². The van der Waals surface area contributed by atoms with E-state index in [1.807, 2.05) is 0 Å². The van der Waals surface area contributed by atoms with E-state index in [4.69, 9.17) is 0 Å². The van der Waals surface area contributed by atoms with Gasteiger partial charge in [0, 0.05) is 0 Å². The standard InChI is InChI=1S/C9H8F4O/c1-6-3-2-4-7(8(6)10)14-5-9(11,12)13/h2-4H,5H2,1H3. The second-order valence-electron chi connectivity index (χ2n) is 2.79. The first-order chi connectivity index (χ1) is 6.40. The Labute approximate surface area is 78.3 Å². The topological polar surface area (TPSA) is 9.23 Å². The van der Waals surface area contributed by atoms with Gasteiger partial charge in [0.05, 0.1) is 0 Å². The van der Waals surface area contributed by atoms with E-state index in [0.717, 1.165) is 6.07 Å². The fourth-order valence-corrected chi connectivity index (χ4v) is 0.892. The highest BCUT2D eigenvalue weighted by Gasteiger charge is 2.28. The molecule has 0 aromatic heterocycles. The highest BCUT2D eigenvalue weighted by atomic mass is 19.4. The second kappa shape index (κ2) is 3.86. The molecule has 0 spiro atoms. The Balaban J connectivity index is 2.73. The first-order valence-corrected chi connectivity index (χ1v) is 3.85. The van der Waals surface area contributed by atoms with Gasteiger partial charge in [-0.2, -0.15) is 13.2 Å². The lowest BCUT2D eigenvalue weighted by molar-refractivity contribution is -0.153. The van der Waals surface area contributed by atoms with Crippen LogP contribution in [-0.2, 0) is 0 Å². The van der Waals surface area contributed by atoms with Crippen molar-refractivity contribution in [3.8, 4) is 5.75 Å². The number of aryl methyl sites for hydroxylation is 1. The highest BCUT2D eigenvalue weighted by molar-refractivity contribution is 5.30. The molecule has 1 rings (SSSR count). The molecule has 0 aliphatic heterocycles. The SMILES string of the molecule is Cc1cccc(OCC(F)(F)F)c1F. The Morgan fingerprint density at radius 1 is 1.29 bits per heavy atom. The Bertz CT molecular complexity index is 319.